The summed E-state index contributed by atoms with van der Waals surface area (Å²) in [5.41, 5.74) is -0.0686. The average molecular weight is 530 g/mol. The molecule has 2 aliphatic heterocycles. The number of halogens is 1. The Hall–Kier alpha value is -3.80. The van der Waals surface area contributed by atoms with Crippen molar-refractivity contribution in [1.29, 1.82) is 0 Å². The maximum absolute atomic E-state index is 13.6. The van der Waals surface area contributed by atoms with E-state index < -0.39 is 46.7 Å². The zero-order chi connectivity index (χ0) is 27.6. The molecule has 38 heavy (non-hydrogen) atoms. The molecule has 0 radical (unpaired) electrons. The van der Waals surface area contributed by atoms with Crippen molar-refractivity contribution in [2.45, 2.75) is 51.2 Å². The maximum atomic E-state index is 13.6. The second-order valence-corrected chi connectivity index (χ2v) is 9.93. The van der Waals surface area contributed by atoms with Crippen LogP contribution in [0.2, 0.25) is 0 Å². The summed E-state index contributed by atoms with van der Waals surface area (Å²) < 4.78 is 19.9. The van der Waals surface area contributed by atoms with Gasteiger partial charge in [-0.1, -0.05) is 12.1 Å². The fourth-order valence-corrected chi connectivity index (χ4v) is 5.15. The lowest BCUT2D eigenvalue weighted by atomic mass is 9.79. The van der Waals surface area contributed by atoms with Crippen LogP contribution in [0, 0.1) is 18.7 Å². The number of ether oxygens (including phenoxy) is 1. The first-order valence-electron chi connectivity index (χ1n) is 12.5. The molecule has 1 aromatic heterocycles. The number of nitrogens with one attached hydrogen (secondary N) is 2. The van der Waals surface area contributed by atoms with Crippen LogP contribution in [0.15, 0.2) is 23.0 Å². The van der Waals surface area contributed by atoms with Crippen molar-refractivity contribution in [3.8, 4) is 5.75 Å². The van der Waals surface area contributed by atoms with Gasteiger partial charge in [-0.3, -0.25) is 23.7 Å². The van der Waals surface area contributed by atoms with Gasteiger partial charge in [0.25, 0.3) is 11.5 Å². The summed E-state index contributed by atoms with van der Waals surface area (Å²) in [5, 5.41) is 16.0. The largest absolute Gasteiger partial charge is 0.501 e. The van der Waals surface area contributed by atoms with Crippen molar-refractivity contribution in [1.82, 2.24) is 25.1 Å². The number of hydrogen-bond acceptors (Lipinski definition) is 7. The molecule has 3 aliphatic rings. The summed E-state index contributed by atoms with van der Waals surface area (Å²) in [5.74, 6) is -3.43. The van der Waals surface area contributed by atoms with Crippen molar-refractivity contribution in [3.63, 3.8) is 0 Å². The second kappa shape index (κ2) is 11.3. The SMILES string of the molecule is COCCN(C)C(=O)C(=O)NC1CC2CCC1c1nc(C(=O)NCc3ccc(F)c(C)c3)c(O)c(=O)n1C2. The summed E-state index contributed by atoms with van der Waals surface area (Å²) in [6.07, 6.45) is 1.89. The van der Waals surface area contributed by atoms with Crippen molar-refractivity contribution in [3.05, 3.63) is 57.0 Å². The van der Waals surface area contributed by atoms with Crippen molar-refractivity contribution >= 4 is 17.7 Å². The van der Waals surface area contributed by atoms with Gasteiger partial charge in [0.2, 0.25) is 5.75 Å². The second-order valence-electron chi connectivity index (χ2n) is 9.93. The molecule has 1 saturated carbocycles. The van der Waals surface area contributed by atoms with Gasteiger partial charge in [-0.15, -0.1) is 0 Å². The van der Waals surface area contributed by atoms with Crippen LogP contribution in [0.4, 0.5) is 4.39 Å². The van der Waals surface area contributed by atoms with E-state index in [-0.39, 0.29) is 31.4 Å². The summed E-state index contributed by atoms with van der Waals surface area (Å²) in [7, 11) is 3.01. The number of fused-ring (bicyclic) bond motifs is 2. The van der Waals surface area contributed by atoms with Crippen LogP contribution in [0.5, 0.6) is 5.75 Å². The van der Waals surface area contributed by atoms with Crippen LogP contribution in [-0.4, -0.2) is 70.6 Å². The Morgan fingerprint density at radius 3 is 2.76 bits per heavy atom. The standard InChI is InChI=1S/C26H32FN5O6/c1-14-10-15(5-7-18(14)27)12-28-23(34)20-21(33)25(36)32-13-16-4-6-17(22(32)30-20)19(11-16)29-24(35)26(37)31(2)8-9-38-3/h5,7,10,16-17,19,33H,4,6,8-9,11-13H2,1-3H3,(H,28,34)(H,29,35). The molecule has 11 nitrogen and oxygen atoms in total. The van der Waals surface area contributed by atoms with E-state index >= 15 is 0 Å². The fraction of sp³-hybridized carbons (Fsp3) is 0.500. The minimum Gasteiger partial charge on any atom is -0.501 e. The predicted octanol–water partition coefficient (Wildman–Crippen LogP) is 0.813. The molecule has 3 atom stereocenters. The molecule has 0 spiro atoms. The molecule has 3 heterocycles. The fourth-order valence-electron chi connectivity index (χ4n) is 5.15. The van der Waals surface area contributed by atoms with Gasteiger partial charge in [0.15, 0.2) is 5.69 Å². The summed E-state index contributed by atoms with van der Waals surface area (Å²) >= 11 is 0. The molecule has 0 saturated heterocycles. The van der Waals surface area contributed by atoms with Gasteiger partial charge in [-0.2, -0.15) is 0 Å². The highest BCUT2D eigenvalue weighted by molar-refractivity contribution is 6.35. The Bertz CT molecular complexity index is 1310. The van der Waals surface area contributed by atoms with E-state index in [4.69, 9.17) is 4.74 Å². The van der Waals surface area contributed by atoms with Crippen LogP contribution in [0.1, 0.15) is 52.6 Å². The van der Waals surface area contributed by atoms with E-state index in [1.54, 1.807) is 13.0 Å². The van der Waals surface area contributed by atoms with Gasteiger partial charge in [-0.05, 0) is 49.3 Å². The Morgan fingerprint density at radius 2 is 2.05 bits per heavy atom. The zero-order valence-electron chi connectivity index (χ0n) is 21.6. The number of hydrogen-bond donors (Lipinski definition) is 3. The third kappa shape index (κ3) is 5.54. The first-order chi connectivity index (χ1) is 18.1. The Balaban J connectivity index is 1.56. The first-order valence-corrected chi connectivity index (χ1v) is 12.5. The molecule has 2 bridgehead atoms. The van der Waals surface area contributed by atoms with E-state index in [1.807, 2.05) is 0 Å². The van der Waals surface area contributed by atoms with Crippen LogP contribution in [0.3, 0.4) is 0 Å². The third-order valence-electron chi connectivity index (χ3n) is 7.28. The normalized spacial score (nSPS) is 19.8. The smallest absolute Gasteiger partial charge is 0.311 e. The average Bonchev–Trinajstić information content (AvgIpc) is 3.17. The number of rotatable bonds is 7. The molecule has 3 amide bonds. The van der Waals surface area contributed by atoms with Gasteiger partial charge >= 0.3 is 11.8 Å². The van der Waals surface area contributed by atoms with E-state index in [1.165, 1.54) is 35.8 Å². The minimum atomic E-state index is -0.763. The highest BCUT2D eigenvalue weighted by atomic mass is 19.1. The van der Waals surface area contributed by atoms with Crippen molar-refractivity contribution in [2.75, 3.05) is 27.3 Å². The first kappa shape index (κ1) is 27.2. The molecular formula is C26H32FN5O6. The van der Waals surface area contributed by atoms with Crippen LogP contribution >= 0.6 is 0 Å². The van der Waals surface area contributed by atoms with Gasteiger partial charge < -0.3 is 25.4 Å². The quantitative estimate of drug-likeness (QED) is 0.451. The van der Waals surface area contributed by atoms with E-state index in [0.717, 1.165) is 6.42 Å². The summed E-state index contributed by atoms with van der Waals surface area (Å²) in [6.45, 7) is 2.49. The van der Waals surface area contributed by atoms with Crippen LogP contribution in [-0.2, 0) is 27.4 Å². The number of nitrogens with zero attached hydrogens (tertiary/aromatic N) is 3. The molecule has 3 N–H and O–H groups in total. The molecular weight excluding hydrogens is 497 g/mol. The lowest BCUT2D eigenvalue weighted by molar-refractivity contribution is -0.145. The molecule has 1 aliphatic carbocycles. The molecule has 204 valence electrons. The Morgan fingerprint density at radius 1 is 1.29 bits per heavy atom. The number of aromatic hydroxyl groups is 1. The number of benzene rings is 1. The zero-order valence-corrected chi connectivity index (χ0v) is 21.6. The monoisotopic (exact) mass is 529 g/mol. The van der Waals surface area contributed by atoms with E-state index in [9.17, 15) is 28.7 Å². The van der Waals surface area contributed by atoms with E-state index in [0.29, 0.717) is 36.4 Å². The lowest BCUT2D eigenvalue weighted by Gasteiger charge is -2.32. The number of amides is 3. The van der Waals surface area contributed by atoms with E-state index in [2.05, 4.69) is 15.6 Å². The predicted molar refractivity (Wildman–Crippen MR) is 134 cm³/mol. The lowest BCUT2D eigenvalue weighted by Crippen LogP contribution is -2.49. The Kier molecular flexibility index (Phi) is 8.10. The molecule has 1 fully saturated rings. The van der Waals surface area contributed by atoms with Crippen molar-refractivity contribution < 1.29 is 28.6 Å². The van der Waals surface area contributed by atoms with Crippen LogP contribution in [0.25, 0.3) is 0 Å². The molecule has 12 heteroatoms. The number of methoxy groups -OCH3 is 1. The van der Waals surface area contributed by atoms with Gasteiger partial charge in [0, 0.05) is 45.8 Å². The number of carbonyl (C=O) groups excluding carboxylic acids is 3. The minimum absolute atomic E-state index is 0.0272. The number of aryl methyl sites for hydroxylation is 1. The van der Waals surface area contributed by atoms with Crippen molar-refractivity contribution in [2.24, 2.45) is 5.92 Å². The number of carbonyl (C=O) groups is 3. The topological polar surface area (TPSA) is 143 Å². The summed E-state index contributed by atoms with van der Waals surface area (Å²) in [4.78, 5) is 56.9. The maximum Gasteiger partial charge on any atom is 0.311 e. The van der Waals surface area contributed by atoms with Gasteiger partial charge in [-0.25, -0.2) is 9.37 Å². The third-order valence-corrected chi connectivity index (χ3v) is 7.28. The van der Waals surface area contributed by atoms with Gasteiger partial charge in [0.1, 0.15) is 11.6 Å². The molecule has 5 rings (SSSR count). The Labute approximate surface area is 219 Å². The highest BCUT2D eigenvalue weighted by Gasteiger charge is 2.41. The number of aromatic nitrogens is 2. The highest BCUT2D eigenvalue weighted by Crippen LogP contribution is 2.39. The van der Waals surface area contributed by atoms with Gasteiger partial charge in [0.05, 0.1) is 6.61 Å². The van der Waals surface area contributed by atoms with Crippen LogP contribution < -0.4 is 16.2 Å². The molecule has 3 unspecified atom stereocenters. The summed E-state index contributed by atoms with van der Waals surface area (Å²) in [6, 6.07) is 3.95. The molecule has 2 aromatic rings. The molecule has 1 aromatic carbocycles. The number of likely N-dealkylation sites (N-methyl/N-ethyl adjacent to an activating group) is 1.